The molecule has 1 amide bonds. The predicted molar refractivity (Wildman–Crippen MR) is 77.6 cm³/mol. The Morgan fingerprint density at radius 1 is 1.52 bits per heavy atom. The number of para-hydroxylation sites is 1. The molecule has 2 rings (SSSR count). The second-order valence-corrected chi connectivity index (χ2v) is 5.35. The second kappa shape index (κ2) is 7.09. The maximum atomic E-state index is 12.3. The Labute approximate surface area is 124 Å². The van der Waals surface area contributed by atoms with Crippen LogP contribution >= 0.6 is 0 Å². The minimum atomic E-state index is -0.145. The van der Waals surface area contributed by atoms with Gasteiger partial charge < -0.3 is 14.7 Å². The molecule has 1 aliphatic heterocycles. The molecule has 1 aromatic carbocycles. The number of piperidine rings is 1. The van der Waals surface area contributed by atoms with Crippen molar-refractivity contribution >= 4 is 5.91 Å². The normalized spacial score (nSPS) is 21.7. The van der Waals surface area contributed by atoms with E-state index in [0.29, 0.717) is 23.8 Å². The van der Waals surface area contributed by atoms with Gasteiger partial charge in [0.1, 0.15) is 11.8 Å². The number of nitrogens with zero attached hydrogens (tertiary/aromatic N) is 2. The van der Waals surface area contributed by atoms with Crippen molar-refractivity contribution < 1.29 is 14.6 Å². The molecule has 112 valence electrons. The molecule has 0 aliphatic carbocycles. The zero-order valence-electron chi connectivity index (χ0n) is 12.2. The third-order valence-corrected chi connectivity index (χ3v) is 3.98. The highest BCUT2D eigenvalue weighted by molar-refractivity contribution is 5.78. The van der Waals surface area contributed by atoms with Gasteiger partial charge in [-0.05, 0) is 30.9 Å². The molecule has 0 aromatic heterocycles. The van der Waals surface area contributed by atoms with Crippen molar-refractivity contribution in [2.45, 2.75) is 25.8 Å². The second-order valence-electron chi connectivity index (χ2n) is 5.35. The number of nitriles is 1. The van der Waals surface area contributed by atoms with Crippen LogP contribution in [0.1, 0.15) is 25.3 Å². The first kappa shape index (κ1) is 15.3. The van der Waals surface area contributed by atoms with Gasteiger partial charge in [-0.25, -0.2) is 0 Å². The van der Waals surface area contributed by atoms with E-state index in [-0.39, 0.29) is 25.2 Å². The lowest BCUT2D eigenvalue weighted by Gasteiger charge is -2.38. The van der Waals surface area contributed by atoms with E-state index in [9.17, 15) is 9.90 Å². The molecule has 1 fully saturated rings. The average molecular weight is 288 g/mol. The van der Waals surface area contributed by atoms with Gasteiger partial charge in [0.15, 0.2) is 6.61 Å². The summed E-state index contributed by atoms with van der Waals surface area (Å²) in [7, 11) is 0. The van der Waals surface area contributed by atoms with E-state index in [1.807, 2.05) is 13.0 Å². The summed E-state index contributed by atoms with van der Waals surface area (Å²) in [5.74, 6) is 0.561. The Morgan fingerprint density at radius 2 is 2.29 bits per heavy atom. The standard InChI is InChI=1S/C16H20N2O3/c1-12-5-4-8-18(14(12)10-19)16(20)11-21-15-7-3-2-6-13(15)9-17/h2-3,6-7,12,14,19H,4-5,8,10-11H2,1H3. The average Bonchev–Trinajstić information content (AvgIpc) is 2.52. The number of benzene rings is 1. The zero-order valence-corrected chi connectivity index (χ0v) is 12.2. The van der Waals surface area contributed by atoms with Crippen molar-refractivity contribution in [1.29, 1.82) is 5.26 Å². The van der Waals surface area contributed by atoms with Crippen LogP contribution in [-0.2, 0) is 4.79 Å². The van der Waals surface area contributed by atoms with E-state index in [2.05, 4.69) is 0 Å². The molecule has 0 saturated carbocycles. The molecular weight excluding hydrogens is 268 g/mol. The van der Waals surface area contributed by atoms with Crippen LogP contribution in [0.25, 0.3) is 0 Å². The molecule has 5 heteroatoms. The van der Waals surface area contributed by atoms with E-state index >= 15 is 0 Å². The summed E-state index contributed by atoms with van der Waals surface area (Å²) in [5.41, 5.74) is 0.413. The van der Waals surface area contributed by atoms with Crippen molar-refractivity contribution in [2.24, 2.45) is 5.92 Å². The van der Waals surface area contributed by atoms with E-state index in [0.717, 1.165) is 12.8 Å². The Balaban J connectivity index is 1.99. The Kier molecular flexibility index (Phi) is 5.18. The fraction of sp³-hybridized carbons (Fsp3) is 0.500. The largest absolute Gasteiger partial charge is 0.482 e. The number of likely N-dealkylation sites (tertiary alicyclic amines) is 1. The topological polar surface area (TPSA) is 73.6 Å². The predicted octanol–water partition coefficient (Wildman–Crippen LogP) is 1.56. The molecule has 1 heterocycles. The summed E-state index contributed by atoms with van der Waals surface area (Å²) >= 11 is 0. The lowest BCUT2D eigenvalue weighted by molar-refractivity contribution is -0.139. The van der Waals surface area contributed by atoms with Crippen molar-refractivity contribution in [3.05, 3.63) is 29.8 Å². The lowest BCUT2D eigenvalue weighted by Crippen LogP contribution is -2.51. The molecule has 1 aromatic rings. The third-order valence-electron chi connectivity index (χ3n) is 3.98. The van der Waals surface area contributed by atoms with Crippen LogP contribution in [0.3, 0.4) is 0 Å². The number of rotatable bonds is 4. The van der Waals surface area contributed by atoms with Gasteiger partial charge in [0.2, 0.25) is 0 Å². The molecule has 0 bridgehead atoms. The minimum Gasteiger partial charge on any atom is -0.482 e. The molecule has 2 unspecified atom stereocenters. The highest BCUT2D eigenvalue weighted by Gasteiger charge is 2.31. The van der Waals surface area contributed by atoms with Gasteiger partial charge in [-0.15, -0.1) is 0 Å². The molecule has 0 radical (unpaired) electrons. The van der Waals surface area contributed by atoms with Crippen molar-refractivity contribution in [2.75, 3.05) is 19.8 Å². The third kappa shape index (κ3) is 3.53. The highest BCUT2D eigenvalue weighted by atomic mass is 16.5. The van der Waals surface area contributed by atoms with E-state index < -0.39 is 0 Å². The summed E-state index contributed by atoms with van der Waals surface area (Å²) in [6, 6.07) is 8.74. The Hall–Kier alpha value is -2.06. The summed E-state index contributed by atoms with van der Waals surface area (Å²) in [6.45, 7) is 2.56. The van der Waals surface area contributed by atoms with Gasteiger partial charge >= 0.3 is 0 Å². The monoisotopic (exact) mass is 288 g/mol. The molecule has 1 aliphatic rings. The van der Waals surface area contributed by atoms with E-state index in [1.165, 1.54) is 0 Å². The Bertz CT molecular complexity index is 539. The Morgan fingerprint density at radius 3 is 3.00 bits per heavy atom. The van der Waals surface area contributed by atoms with Gasteiger partial charge in [-0.1, -0.05) is 19.1 Å². The quantitative estimate of drug-likeness (QED) is 0.912. The number of carbonyl (C=O) groups is 1. The molecule has 5 nitrogen and oxygen atoms in total. The SMILES string of the molecule is CC1CCCN(C(=O)COc2ccccc2C#N)C1CO. The fourth-order valence-electron chi connectivity index (χ4n) is 2.74. The van der Waals surface area contributed by atoms with Crippen LogP contribution in [-0.4, -0.2) is 41.7 Å². The molecule has 2 atom stereocenters. The summed E-state index contributed by atoms with van der Waals surface area (Å²) in [4.78, 5) is 14.0. The lowest BCUT2D eigenvalue weighted by atomic mass is 9.91. The number of amides is 1. The van der Waals surface area contributed by atoms with Crippen LogP contribution in [0.2, 0.25) is 0 Å². The number of carbonyl (C=O) groups excluding carboxylic acids is 1. The van der Waals surface area contributed by atoms with Gasteiger partial charge in [0, 0.05) is 6.54 Å². The van der Waals surface area contributed by atoms with Crippen LogP contribution < -0.4 is 4.74 Å². The first-order chi connectivity index (χ1) is 10.2. The smallest absolute Gasteiger partial charge is 0.260 e. The number of ether oxygens (including phenoxy) is 1. The van der Waals surface area contributed by atoms with Crippen LogP contribution in [0.5, 0.6) is 5.75 Å². The van der Waals surface area contributed by atoms with E-state index in [4.69, 9.17) is 10.00 Å². The number of aliphatic hydroxyl groups is 1. The first-order valence-electron chi connectivity index (χ1n) is 7.19. The minimum absolute atomic E-state index is 0.0261. The van der Waals surface area contributed by atoms with Crippen LogP contribution in [0, 0.1) is 17.2 Å². The van der Waals surface area contributed by atoms with Crippen molar-refractivity contribution in [1.82, 2.24) is 4.90 Å². The highest BCUT2D eigenvalue weighted by Crippen LogP contribution is 2.23. The van der Waals surface area contributed by atoms with Crippen LogP contribution in [0.4, 0.5) is 0 Å². The summed E-state index contributed by atoms with van der Waals surface area (Å²) in [6.07, 6.45) is 1.96. The summed E-state index contributed by atoms with van der Waals surface area (Å²) in [5, 5.41) is 18.5. The van der Waals surface area contributed by atoms with Gasteiger partial charge in [-0.3, -0.25) is 4.79 Å². The maximum Gasteiger partial charge on any atom is 0.260 e. The van der Waals surface area contributed by atoms with Gasteiger partial charge in [0.05, 0.1) is 18.2 Å². The van der Waals surface area contributed by atoms with Crippen LogP contribution in [0.15, 0.2) is 24.3 Å². The van der Waals surface area contributed by atoms with Gasteiger partial charge in [0.25, 0.3) is 5.91 Å². The molecule has 1 saturated heterocycles. The number of aliphatic hydroxyl groups excluding tert-OH is 1. The number of hydrogen-bond donors (Lipinski definition) is 1. The van der Waals surface area contributed by atoms with Gasteiger partial charge in [-0.2, -0.15) is 5.26 Å². The zero-order chi connectivity index (χ0) is 15.2. The van der Waals surface area contributed by atoms with Crippen molar-refractivity contribution in [3.63, 3.8) is 0 Å². The fourth-order valence-corrected chi connectivity index (χ4v) is 2.74. The van der Waals surface area contributed by atoms with E-state index in [1.54, 1.807) is 29.2 Å². The molecular formula is C16H20N2O3. The first-order valence-corrected chi connectivity index (χ1v) is 7.19. The molecule has 0 spiro atoms. The van der Waals surface area contributed by atoms with Crippen molar-refractivity contribution in [3.8, 4) is 11.8 Å². The summed E-state index contributed by atoms with van der Waals surface area (Å²) < 4.78 is 5.48. The number of hydrogen-bond acceptors (Lipinski definition) is 4. The maximum absolute atomic E-state index is 12.3. The molecule has 21 heavy (non-hydrogen) atoms. The molecule has 1 N–H and O–H groups in total.